The second kappa shape index (κ2) is 10.9. The van der Waals surface area contributed by atoms with Crippen molar-refractivity contribution in [3.8, 4) is 11.3 Å². The number of dihydropyridines is 1. The lowest BCUT2D eigenvalue weighted by Gasteiger charge is -2.32. The fraction of sp³-hybridized carbons (Fsp3) is 0.344. The van der Waals surface area contributed by atoms with Crippen molar-refractivity contribution >= 4 is 22.9 Å². The topological polar surface area (TPSA) is 94.8 Å². The average molecular weight is 528 g/mol. The van der Waals surface area contributed by atoms with E-state index >= 15 is 0 Å². The molecule has 1 unspecified atom stereocenters. The summed E-state index contributed by atoms with van der Waals surface area (Å²) in [6.45, 7) is 5.31. The van der Waals surface area contributed by atoms with Crippen LogP contribution in [0, 0.1) is 6.92 Å². The Bertz CT molecular complexity index is 1560. The van der Waals surface area contributed by atoms with Gasteiger partial charge in [-0.05, 0) is 52.5 Å². The number of hydrogen-bond acceptors (Lipinski definition) is 7. The molecular weight excluding hydrogens is 494 g/mol. The van der Waals surface area contributed by atoms with Crippen LogP contribution in [0.5, 0.6) is 0 Å². The number of carbonyl (C=O) groups is 2. The van der Waals surface area contributed by atoms with Crippen LogP contribution in [0.2, 0.25) is 0 Å². The first-order valence-electron chi connectivity index (χ1n) is 13.4. The van der Waals surface area contributed by atoms with Crippen molar-refractivity contribution in [2.45, 2.75) is 64.9 Å². The van der Waals surface area contributed by atoms with Crippen LogP contribution >= 0.6 is 0 Å². The van der Waals surface area contributed by atoms with Crippen molar-refractivity contribution in [2.24, 2.45) is 0 Å². The van der Waals surface area contributed by atoms with Crippen LogP contribution in [0.4, 0.5) is 0 Å². The molecule has 2 aromatic carbocycles. The Morgan fingerprint density at radius 2 is 1.54 bits per heavy atom. The molecule has 1 aromatic heterocycles. The van der Waals surface area contributed by atoms with Crippen LogP contribution in [0.3, 0.4) is 0 Å². The Labute approximate surface area is 227 Å². The number of ether oxygens (including phenoxy) is 2. The van der Waals surface area contributed by atoms with Gasteiger partial charge >= 0.3 is 11.9 Å². The lowest BCUT2D eigenvalue weighted by atomic mass is 9.79. The zero-order chi connectivity index (χ0) is 27.7. The smallest absolute Gasteiger partial charge is 0.337 e. The van der Waals surface area contributed by atoms with Gasteiger partial charge in [-0.1, -0.05) is 48.9 Å². The Hall–Kier alpha value is -4.13. The van der Waals surface area contributed by atoms with Gasteiger partial charge in [0.2, 0.25) is 0 Å². The van der Waals surface area contributed by atoms with E-state index in [-0.39, 0.29) is 17.1 Å². The molecule has 39 heavy (non-hydrogen) atoms. The number of benzene rings is 2. The van der Waals surface area contributed by atoms with Gasteiger partial charge in [0.25, 0.3) is 0 Å². The van der Waals surface area contributed by atoms with Crippen LogP contribution in [0.15, 0.2) is 80.3 Å². The predicted molar refractivity (Wildman–Crippen MR) is 149 cm³/mol. The fourth-order valence-electron chi connectivity index (χ4n) is 5.78. The number of carbonyl (C=O) groups excluding carboxylic acids is 2. The van der Waals surface area contributed by atoms with E-state index in [2.05, 4.69) is 5.32 Å². The molecule has 7 nitrogen and oxygen atoms in total. The first-order valence-corrected chi connectivity index (χ1v) is 13.4. The van der Waals surface area contributed by atoms with E-state index in [9.17, 15) is 14.4 Å². The summed E-state index contributed by atoms with van der Waals surface area (Å²) >= 11 is 0. The van der Waals surface area contributed by atoms with Gasteiger partial charge < -0.3 is 19.2 Å². The molecule has 0 amide bonds. The summed E-state index contributed by atoms with van der Waals surface area (Å²) < 4.78 is 17.6. The second-order valence-electron chi connectivity index (χ2n) is 10.3. The van der Waals surface area contributed by atoms with E-state index in [0.29, 0.717) is 44.8 Å². The molecule has 1 saturated carbocycles. The first kappa shape index (κ1) is 26.5. The van der Waals surface area contributed by atoms with Gasteiger partial charge in [-0.3, -0.25) is 4.79 Å². The molecule has 1 aliphatic carbocycles. The highest BCUT2D eigenvalue weighted by atomic mass is 16.5. The molecule has 1 aliphatic heterocycles. The maximum absolute atomic E-state index is 13.8. The number of allylic oxidation sites excluding steroid dienone is 2. The lowest BCUT2D eigenvalue weighted by Crippen LogP contribution is -2.34. The molecule has 5 rings (SSSR count). The zero-order valence-corrected chi connectivity index (χ0v) is 22.8. The number of fused-ring (bicyclic) bond motifs is 1. The summed E-state index contributed by atoms with van der Waals surface area (Å²) in [4.78, 5) is 40.5. The summed E-state index contributed by atoms with van der Waals surface area (Å²) in [5.74, 6) is -1.47. The summed E-state index contributed by atoms with van der Waals surface area (Å²) in [5.41, 5.74) is 3.66. The molecule has 1 fully saturated rings. The van der Waals surface area contributed by atoms with Gasteiger partial charge in [0, 0.05) is 28.1 Å². The van der Waals surface area contributed by atoms with Crippen LogP contribution in [-0.4, -0.2) is 25.2 Å². The third-order valence-electron chi connectivity index (χ3n) is 7.73. The third kappa shape index (κ3) is 4.89. The average Bonchev–Trinajstić information content (AvgIpc) is 2.94. The van der Waals surface area contributed by atoms with Crippen molar-refractivity contribution in [1.29, 1.82) is 0 Å². The minimum atomic E-state index is -0.854. The van der Waals surface area contributed by atoms with Crippen molar-refractivity contribution in [2.75, 3.05) is 7.11 Å². The molecule has 0 spiro atoms. The Kier molecular flexibility index (Phi) is 7.42. The maximum Gasteiger partial charge on any atom is 0.337 e. The number of hydrogen-bond donors (Lipinski definition) is 1. The monoisotopic (exact) mass is 527 g/mol. The van der Waals surface area contributed by atoms with Crippen LogP contribution < -0.4 is 10.7 Å². The molecule has 3 aromatic rings. The zero-order valence-electron chi connectivity index (χ0n) is 22.8. The molecule has 2 aliphatic rings. The number of para-hydroxylation sites is 1. The largest absolute Gasteiger partial charge is 0.466 e. The summed E-state index contributed by atoms with van der Waals surface area (Å²) in [5, 5.41) is 3.56. The van der Waals surface area contributed by atoms with Crippen molar-refractivity contribution < 1.29 is 23.5 Å². The second-order valence-corrected chi connectivity index (χ2v) is 10.3. The van der Waals surface area contributed by atoms with E-state index in [0.717, 1.165) is 37.7 Å². The maximum atomic E-state index is 13.8. The van der Waals surface area contributed by atoms with Gasteiger partial charge in [0.1, 0.15) is 17.4 Å². The van der Waals surface area contributed by atoms with Crippen LogP contribution in [0.25, 0.3) is 22.3 Å². The van der Waals surface area contributed by atoms with E-state index < -0.39 is 17.9 Å². The highest BCUT2D eigenvalue weighted by Crippen LogP contribution is 2.42. The minimum Gasteiger partial charge on any atom is -0.466 e. The SMILES string of the molecule is COC(=O)C1=C(C)NC(C)=C(C(=O)OC2CCCCC2)C1c1cccc2c(=O)c(C)c(-c3ccccc3)oc12. The highest BCUT2D eigenvalue weighted by molar-refractivity contribution is 6.01. The van der Waals surface area contributed by atoms with E-state index in [1.807, 2.05) is 30.3 Å². The molecule has 1 atom stereocenters. The van der Waals surface area contributed by atoms with Gasteiger partial charge in [-0.15, -0.1) is 0 Å². The van der Waals surface area contributed by atoms with Gasteiger partial charge in [0.15, 0.2) is 5.43 Å². The molecule has 202 valence electrons. The Morgan fingerprint density at radius 1 is 0.872 bits per heavy atom. The van der Waals surface area contributed by atoms with Crippen LogP contribution in [-0.2, 0) is 19.1 Å². The summed E-state index contributed by atoms with van der Waals surface area (Å²) in [6.07, 6.45) is 4.63. The molecule has 1 N–H and O–H groups in total. The van der Waals surface area contributed by atoms with Crippen molar-refractivity contribution in [3.63, 3.8) is 0 Å². The Balaban J connectivity index is 1.74. The van der Waals surface area contributed by atoms with E-state index in [4.69, 9.17) is 13.9 Å². The lowest BCUT2D eigenvalue weighted by molar-refractivity contribution is -0.146. The number of esters is 2. The number of nitrogens with one attached hydrogen (secondary N) is 1. The molecular formula is C32H33NO6. The normalized spacial score (nSPS) is 18.2. The van der Waals surface area contributed by atoms with Gasteiger partial charge in [-0.25, -0.2) is 9.59 Å². The van der Waals surface area contributed by atoms with Crippen LogP contribution in [0.1, 0.15) is 63.0 Å². The minimum absolute atomic E-state index is 0.168. The molecule has 0 bridgehead atoms. The third-order valence-corrected chi connectivity index (χ3v) is 7.73. The standard InChI is InChI=1S/C32H33NO6/c1-18-28(34)24-17-11-16-23(30(24)39-29(18)21-12-7-5-8-13-21)27-25(31(35)37-4)19(2)33-20(3)26(27)32(36)38-22-14-9-6-10-15-22/h5,7-8,11-13,16-17,22,27,33H,6,9-10,14-15H2,1-4H3. The number of methoxy groups -OCH3 is 1. The molecule has 2 heterocycles. The van der Waals surface area contributed by atoms with Gasteiger partial charge in [0.05, 0.1) is 29.6 Å². The predicted octanol–water partition coefficient (Wildman–Crippen LogP) is 6.05. The van der Waals surface area contributed by atoms with Crippen molar-refractivity contribution in [3.05, 3.63) is 92.4 Å². The van der Waals surface area contributed by atoms with Crippen molar-refractivity contribution in [1.82, 2.24) is 5.32 Å². The number of rotatable bonds is 5. The van der Waals surface area contributed by atoms with Gasteiger partial charge in [-0.2, -0.15) is 0 Å². The fourth-order valence-corrected chi connectivity index (χ4v) is 5.78. The highest BCUT2D eigenvalue weighted by Gasteiger charge is 2.40. The molecule has 0 saturated heterocycles. The summed E-state index contributed by atoms with van der Waals surface area (Å²) in [7, 11) is 1.31. The Morgan fingerprint density at radius 3 is 2.21 bits per heavy atom. The summed E-state index contributed by atoms with van der Waals surface area (Å²) in [6, 6.07) is 14.7. The van der Waals surface area contributed by atoms with E-state index in [1.54, 1.807) is 39.0 Å². The quantitative estimate of drug-likeness (QED) is 0.404. The van der Waals surface area contributed by atoms with E-state index in [1.165, 1.54) is 7.11 Å². The molecule has 7 heteroatoms. The molecule has 0 radical (unpaired) electrons. The first-order chi connectivity index (χ1) is 18.8.